The molecule has 82 valence electrons. The zero-order chi connectivity index (χ0) is 10.3. The molecule has 4 atom stereocenters. The van der Waals surface area contributed by atoms with Crippen molar-refractivity contribution in [1.82, 2.24) is 5.32 Å². The lowest BCUT2D eigenvalue weighted by Gasteiger charge is -2.34. The van der Waals surface area contributed by atoms with E-state index in [1.165, 1.54) is 0 Å². The highest BCUT2D eigenvalue weighted by Crippen LogP contribution is 2.32. The molecule has 14 heavy (non-hydrogen) atoms. The summed E-state index contributed by atoms with van der Waals surface area (Å²) in [6, 6.07) is 0.346. The third kappa shape index (κ3) is 1.80. The third-order valence-corrected chi connectivity index (χ3v) is 2.90. The Labute approximate surface area is 84.9 Å². The lowest BCUT2D eigenvalue weighted by atomic mass is 10.0. The Hall–Kier alpha value is -0.160. The van der Waals surface area contributed by atoms with Crippen LogP contribution >= 0.6 is 0 Å². The number of fused-ring (bicyclic) bond motifs is 1. The van der Waals surface area contributed by atoms with Crippen LogP contribution in [0, 0.1) is 0 Å². The van der Waals surface area contributed by atoms with Gasteiger partial charge in [-0.1, -0.05) is 0 Å². The van der Waals surface area contributed by atoms with Crippen molar-refractivity contribution in [3.05, 3.63) is 0 Å². The van der Waals surface area contributed by atoms with Gasteiger partial charge >= 0.3 is 0 Å². The monoisotopic (exact) mass is 201 g/mol. The summed E-state index contributed by atoms with van der Waals surface area (Å²) in [5, 5.41) is 3.44. The van der Waals surface area contributed by atoms with Crippen LogP contribution in [0.3, 0.4) is 0 Å². The Morgan fingerprint density at radius 2 is 2.14 bits per heavy atom. The minimum atomic E-state index is -0.240. The van der Waals surface area contributed by atoms with Gasteiger partial charge in [-0.25, -0.2) is 0 Å². The van der Waals surface area contributed by atoms with Gasteiger partial charge in [-0.05, 0) is 20.8 Å². The molecule has 0 aromatic carbocycles. The Balaban J connectivity index is 2.06. The van der Waals surface area contributed by atoms with E-state index in [1.807, 2.05) is 20.8 Å². The number of ether oxygens (including phenoxy) is 3. The van der Waals surface area contributed by atoms with E-state index in [4.69, 9.17) is 14.2 Å². The molecule has 2 aliphatic rings. The molecular weight excluding hydrogens is 182 g/mol. The summed E-state index contributed by atoms with van der Waals surface area (Å²) in [5.74, 6) is 0. The van der Waals surface area contributed by atoms with Crippen LogP contribution < -0.4 is 5.32 Å². The zero-order valence-electron chi connectivity index (χ0n) is 9.24. The number of hydrogen-bond donors (Lipinski definition) is 1. The fourth-order valence-electron chi connectivity index (χ4n) is 2.33. The molecule has 0 bridgehead atoms. The van der Waals surface area contributed by atoms with Crippen LogP contribution in [0.5, 0.6) is 0 Å². The quantitative estimate of drug-likeness (QED) is 0.683. The van der Waals surface area contributed by atoms with Crippen LogP contribution in [0.4, 0.5) is 0 Å². The topological polar surface area (TPSA) is 39.7 Å². The summed E-state index contributed by atoms with van der Waals surface area (Å²) >= 11 is 0. The second-order valence-corrected chi connectivity index (χ2v) is 4.59. The van der Waals surface area contributed by atoms with E-state index >= 15 is 0 Å². The van der Waals surface area contributed by atoms with Crippen molar-refractivity contribution in [2.45, 2.75) is 57.5 Å². The van der Waals surface area contributed by atoms with Crippen LogP contribution in [0.2, 0.25) is 0 Å². The Morgan fingerprint density at radius 1 is 1.43 bits per heavy atom. The van der Waals surface area contributed by atoms with Gasteiger partial charge in [0.25, 0.3) is 0 Å². The van der Waals surface area contributed by atoms with Crippen LogP contribution in [0.15, 0.2) is 0 Å². The van der Waals surface area contributed by atoms with Crippen molar-refractivity contribution >= 4 is 0 Å². The average molecular weight is 201 g/mol. The highest BCUT2D eigenvalue weighted by atomic mass is 16.7. The maximum atomic E-state index is 5.87. The molecule has 0 saturated carbocycles. The van der Waals surface area contributed by atoms with Gasteiger partial charge in [0.15, 0.2) is 6.29 Å². The van der Waals surface area contributed by atoms with E-state index < -0.39 is 0 Å². The van der Waals surface area contributed by atoms with E-state index in [0.717, 1.165) is 6.42 Å². The minimum absolute atomic E-state index is 0.0907. The lowest BCUT2D eigenvalue weighted by Crippen LogP contribution is -2.49. The molecule has 4 nitrogen and oxygen atoms in total. The van der Waals surface area contributed by atoms with Crippen LogP contribution in [0.1, 0.15) is 27.2 Å². The maximum absolute atomic E-state index is 5.87. The molecule has 0 spiro atoms. The molecule has 2 fully saturated rings. The zero-order valence-corrected chi connectivity index (χ0v) is 9.24. The van der Waals surface area contributed by atoms with Gasteiger partial charge in [-0.3, -0.25) is 5.32 Å². The van der Waals surface area contributed by atoms with Crippen molar-refractivity contribution in [3.8, 4) is 0 Å². The van der Waals surface area contributed by atoms with Crippen molar-refractivity contribution < 1.29 is 14.2 Å². The molecule has 4 unspecified atom stereocenters. The molecule has 2 rings (SSSR count). The summed E-state index contributed by atoms with van der Waals surface area (Å²) in [7, 11) is 1.68. The Kier molecular flexibility index (Phi) is 2.55. The first-order valence-electron chi connectivity index (χ1n) is 5.15. The normalized spacial score (nSPS) is 46.3. The second-order valence-electron chi connectivity index (χ2n) is 4.59. The summed E-state index contributed by atoms with van der Waals surface area (Å²) in [6.07, 6.45) is 0.996. The molecule has 0 amide bonds. The van der Waals surface area contributed by atoms with Gasteiger partial charge in [0.1, 0.15) is 11.8 Å². The summed E-state index contributed by atoms with van der Waals surface area (Å²) in [6.45, 7) is 6.12. The van der Waals surface area contributed by atoms with Crippen LogP contribution in [-0.2, 0) is 14.2 Å². The van der Waals surface area contributed by atoms with Gasteiger partial charge < -0.3 is 14.2 Å². The minimum Gasteiger partial charge on any atom is -0.356 e. The van der Waals surface area contributed by atoms with E-state index in [-0.39, 0.29) is 24.2 Å². The summed E-state index contributed by atoms with van der Waals surface area (Å²) < 4.78 is 16.7. The first-order chi connectivity index (χ1) is 6.52. The number of methoxy groups -OCH3 is 1. The summed E-state index contributed by atoms with van der Waals surface area (Å²) in [4.78, 5) is 0. The molecule has 1 N–H and O–H groups in total. The van der Waals surface area contributed by atoms with Gasteiger partial charge in [0.05, 0.1) is 6.10 Å². The molecule has 2 heterocycles. The molecule has 2 aliphatic heterocycles. The molecule has 4 heteroatoms. The standard InChI is InChI=1S/C10H19NO3/c1-6-9-7(5-8(12-4)13-6)11-10(2,3)14-9/h6-9,11H,5H2,1-4H3. The first kappa shape index (κ1) is 10.4. The fourth-order valence-corrected chi connectivity index (χ4v) is 2.33. The molecule has 0 aromatic heterocycles. The van der Waals surface area contributed by atoms with Gasteiger partial charge in [-0.2, -0.15) is 0 Å². The molecule has 2 saturated heterocycles. The maximum Gasteiger partial charge on any atom is 0.159 e. The van der Waals surface area contributed by atoms with Crippen molar-refractivity contribution in [3.63, 3.8) is 0 Å². The SMILES string of the molecule is COC1CC2NC(C)(C)OC2C(C)O1. The van der Waals surface area contributed by atoms with Gasteiger partial charge in [-0.15, -0.1) is 0 Å². The van der Waals surface area contributed by atoms with Crippen molar-refractivity contribution in [1.29, 1.82) is 0 Å². The van der Waals surface area contributed by atoms with E-state index in [0.29, 0.717) is 6.04 Å². The molecule has 0 radical (unpaired) electrons. The van der Waals surface area contributed by atoms with Crippen LogP contribution in [-0.4, -0.2) is 37.4 Å². The molecule has 0 aliphatic carbocycles. The van der Waals surface area contributed by atoms with E-state index in [2.05, 4.69) is 5.32 Å². The second kappa shape index (κ2) is 3.45. The highest BCUT2D eigenvalue weighted by Gasteiger charge is 2.47. The summed E-state index contributed by atoms with van der Waals surface area (Å²) in [5.41, 5.74) is -0.240. The Morgan fingerprint density at radius 3 is 2.79 bits per heavy atom. The number of nitrogens with one attached hydrogen (secondary N) is 1. The number of rotatable bonds is 1. The van der Waals surface area contributed by atoms with E-state index in [1.54, 1.807) is 7.11 Å². The third-order valence-electron chi connectivity index (χ3n) is 2.90. The number of hydrogen-bond acceptors (Lipinski definition) is 4. The van der Waals surface area contributed by atoms with Crippen molar-refractivity contribution in [2.24, 2.45) is 0 Å². The Bertz CT molecular complexity index is 219. The van der Waals surface area contributed by atoms with Crippen LogP contribution in [0.25, 0.3) is 0 Å². The lowest BCUT2D eigenvalue weighted by molar-refractivity contribution is -0.214. The largest absolute Gasteiger partial charge is 0.356 e. The van der Waals surface area contributed by atoms with E-state index in [9.17, 15) is 0 Å². The molecule has 0 aromatic rings. The fraction of sp³-hybridized carbons (Fsp3) is 1.00. The first-order valence-corrected chi connectivity index (χ1v) is 5.15. The highest BCUT2D eigenvalue weighted by molar-refractivity contribution is 4.96. The smallest absolute Gasteiger partial charge is 0.159 e. The predicted octanol–water partition coefficient (Wildman–Crippen LogP) is 0.861. The van der Waals surface area contributed by atoms with Gasteiger partial charge in [0.2, 0.25) is 0 Å². The average Bonchev–Trinajstić information content (AvgIpc) is 2.40. The van der Waals surface area contributed by atoms with Gasteiger partial charge in [0, 0.05) is 19.6 Å². The predicted molar refractivity (Wildman–Crippen MR) is 51.8 cm³/mol. The molecular formula is C10H19NO3. The van der Waals surface area contributed by atoms with Crippen molar-refractivity contribution in [2.75, 3.05) is 7.11 Å².